The number of amidine groups is 1. The number of benzene rings is 1. The van der Waals surface area contributed by atoms with E-state index in [0.717, 1.165) is 46.6 Å². The first-order chi connectivity index (χ1) is 12.7. The van der Waals surface area contributed by atoms with Crippen molar-refractivity contribution in [3.63, 3.8) is 0 Å². The van der Waals surface area contributed by atoms with Gasteiger partial charge in [-0.05, 0) is 24.3 Å². The molecule has 0 fully saturated rings. The van der Waals surface area contributed by atoms with Gasteiger partial charge in [-0.15, -0.1) is 11.3 Å². The summed E-state index contributed by atoms with van der Waals surface area (Å²) < 4.78 is 0. The second-order valence-corrected chi connectivity index (χ2v) is 8.17. The summed E-state index contributed by atoms with van der Waals surface area (Å²) in [6.45, 7) is 4.39. The Kier molecular flexibility index (Phi) is 5.08. The van der Waals surface area contributed by atoms with Gasteiger partial charge in [0.05, 0.1) is 23.7 Å². The number of nitrogens with one attached hydrogen (secondary N) is 1. The topological polar surface area (TPSA) is 57.6 Å². The molecule has 1 amide bonds. The van der Waals surface area contributed by atoms with Gasteiger partial charge in [0, 0.05) is 29.7 Å². The molecule has 0 unspecified atom stereocenters. The van der Waals surface area contributed by atoms with Crippen LogP contribution in [-0.4, -0.2) is 40.6 Å². The van der Waals surface area contributed by atoms with Crippen LogP contribution >= 0.6 is 23.1 Å². The van der Waals surface area contributed by atoms with Crippen molar-refractivity contribution in [1.29, 1.82) is 0 Å². The molecular weight excluding hydrogens is 364 g/mol. The molecule has 2 aromatic rings. The lowest BCUT2D eigenvalue weighted by Crippen LogP contribution is -2.29. The van der Waals surface area contributed by atoms with Gasteiger partial charge in [-0.2, -0.15) is 0 Å². The molecule has 26 heavy (non-hydrogen) atoms. The SMILES string of the molecule is Cc1nc(-c2ccc(CCNC(=O)CC3=CSC4=NCCN34)cc2)cs1. The smallest absolute Gasteiger partial charge is 0.225 e. The number of aryl methyl sites for hydroxylation is 1. The highest BCUT2D eigenvalue weighted by Gasteiger charge is 2.27. The van der Waals surface area contributed by atoms with Gasteiger partial charge in [-0.3, -0.25) is 9.79 Å². The van der Waals surface area contributed by atoms with Crippen LogP contribution in [-0.2, 0) is 11.2 Å². The Balaban J connectivity index is 1.24. The van der Waals surface area contributed by atoms with Gasteiger partial charge in [-0.1, -0.05) is 36.0 Å². The van der Waals surface area contributed by atoms with Crippen LogP contribution in [0.2, 0.25) is 0 Å². The van der Waals surface area contributed by atoms with Crippen molar-refractivity contribution < 1.29 is 4.79 Å². The van der Waals surface area contributed by atoms with E-state index in [-0.39, 0.29) is 5.91 Å². The van der Waals surface area contributed by atoms with E-state index >= 15 is 0 Å². The largest absolute Gasteiger partial charge is 0.355 e. The molecule has 0 spiro atoms. The van der Waals surface area contributed by atoms with Crippen molar-refractivity contribution in [1.82, 2.24) is 15.2 Å². The van der Waals surface area contributed by atoms with E-state index in [4.69, 9.17) is 0 Å². The van der Waals surface area contributed by atoms with Crippen molar-refractivity contribution in [2.45, 2.75) is 19.8 Å². The van der Waals surface area contributed by atoms with E-state index in [1.165, 1.54) is 5.56 Å². The second kappa shape index (κ2) is 7.63. The molecular formula is C19H20N4OS2. The number of carbonyl (C=O) groups excluding carboxylic acids is 1. The van der Waals surface area contributed by atoms with Crippen LogP contribution in [0.3, 0.4) is 0 Å². The van der Waals surface area contributed by atoms with Crippen molar-refractivity contribution >= 4 is 34.2 Å². The van der Waals surface area contributed by atoms with Crippen LogP contribution in [0.15, 0.2) is 45.7 Å². The molecule has 3 heterocycles. The fourth-order valence-electron chi connectivity index (χ4n) is 3.03. The predicted octanol–water partition coefficient (Wildman–Crippen LogP) is 3.43. The Morgan fingerprint density at radius 3 is 2.92 bits per heavy atom. The maximum Gasteiger partial charge on any atom is 0.225 e. The third kappa shape index (κ3) is 3.83. The van der Waals surface area contributed by atoms with E-state index in [1.54, 1.807) is 23.1 Å². The number of carbonyl (C=O) groups is 1. The molecule has 0 bridgehead atoms. The first-order valence-corrected chi connectivity index (χ1v) is 10.4. The average Bonchev–Trinajstić information content (AvgIpc) is 3.34. The Labute approximate surface area is 161 Å². The van der Waals surface area contributed by atoms with Crippen LogP contribution in [0.1, 0.15) is 17.0 Å². The van der Waals surface area contributed by atoms with Crippen molar-refractivity contribution in [2.24, 2.45) is 4.99 Å². The van der Waals surface area contributed by atoms with E-state index in [1.807, 2.05) is 12.3 Å². The summed E-state index contributed by atoms with van der Waals surface area (Å²) in [5.41, 5.74) is 4.44. The zero-order valence-electron chi connectivity index (χ0n) is 14.6. The standard InChI is InChI=1S/C19H20N4OS2/c1-13-22-17(12-25-13)15-4-2-14(3-5-15)6-7-20-18(24)10-16-11-26-19-21-8-9-23(16)19/h2-5,11-12H,6-10H2,1H3,(H,20,24). The number of hydrogen-bond donors (Lipinski definition) is 1. The lowest BCUT2D eigenvalue weighted by Gasteiger charge is -2.16. The van der Waals surface area contributed by atoms with Crippen LogP contribution in [0.4, 0.5) is 0 Å². The quantitative estimate of drug-likeness (QED) is 0.829. The molecule has 1 aromatic heterocycles. The van der Waals surface area contributed by atoms with Gasteiger partial charge in [0.1, 0.15) is 0 Å². The van der Waals surface area contributed by atoms with Crippen molar-refractivity contribution in [3.8, 4) is 11.3 Å². The second-order valence-electron chi connectivity index (χ2n) is 6.27. The van der Waals surface area contributed by atoms with Gasteiger partial charge < -0.3 is 10.2 Å². The number of thioether (sulfide) groups is 1. The number of rotatable bonds is 6. The molecule has 4 rings (SSSR count). The Morgan fingerprint density at radius 2 is 2.15 bits per heavy atom. The summed E-state index contributed by atoms with van der Waals surface area (Å²) in [5, 5.41) is 9.25. The number of aromatic nitrogens is 1. The van der Waals surface area contributed by atoms with E-state index in [9.17, 15) is 4.79 Å². The molecule has 1 N–H and O–H groups in total. The highest BCUT2D eigenvalue weighted by Crippen LogP contribution is 2.30. The molecule has 0 saturated carbocycles. The monoisotopic (exact) mass is 384 g/mol. The van der Waals surface area contributed by atoms with Gasteiger partial charge in [0.25, 0.3) is 0 Å². The fraction of sp³-hybridized carbons (Fsp3) is 0.316. The zero-order valence-corrected chi connectivity index (χ0v) is 16.2. The summed E-state index contributed by atoms with van der Waals surface area (Å²) in [7, 11) is 0. The summed E-state index contributed by atoms with van der Waals surface area (Å²) in [6.07, 6.45) is 1.25. The van der Waals surface area contributed by atoms with Crippen LogP contribution < -0.4 is 5.32 Å². The first-order valence-electron chi connectivity index (χ1n) is 8.65. The van der Waals surface area contributed by atoms with Gasteiger partial charge in [0.15, 0.2) is 5.17 Å². The van der Waals surface area contributed by atoms with Crippen LogP contribution in [0.5, 0.6) is 0 Å². The molecule has 0 saturated heterocycles. The number of nitrogens with zero attached hydrogens (tertiary/aromatic N) is 3. The summed E-state index contributed by atoms with van der Waals surface area (Å²) in [6, 6.07) is 8.42. The summed E-state index contributed by atoms with van der Waals surface area (Å²) >= 11 is 3.28. The minimum Gasteiger partial charge on any atom is -0.355 e. The molecule has 2 aliphatic rings. The van der Waals surface area contributed by atoms with Gasteiger partial charge in [-0.25, -0.2) is 4.98 Å². The highest BCUT2D eigenvalue weighted by molar-refractivity contribution is 8.16. The Morgan fingerprint density at radius 1 is 1.31 bits per heavy atom. The molecule has 7 heteroatoms. The lowest BCUT2D eigenvalue weighted by molar-refractivity contribution is -0.120. The van der Waals surface area contributed by atoms with Gasteiger partial charge >= 0.3 is 0 Å². The molecule has 0 aliphatic carbocycles. The van der Waals surface area contributed by atoms with E-state index in [2.05, 4.69) is 49.8 Å². The molecule has 0 atom stereocenters. The fourth-order valence-corrected chi connectivity index (χ4v) is 4.60. The zero-order chi connectivity index (χ0) is 17.9. The minimum atomic E-state index is 0.0690. The van der Waals surface area contributed by atoms with E-state index in [0.29, 0.717) is 13.0 Å². The number of fused-ring (bicyclic) bond motifs is 1. The van der Waals surface area contributed by atoms with Gasteiger partial charge in [0.2, 0.25) is 5.91 Å². The maximum absolute atomic E-state index is 12.2. The maximum atomic E-state index is 12.2. The number of thiazole rings is 1. The van der Waals surface area contributed by atoms with E-state index < -0.39 is 0 Å². The van der Waals surface area contributed by atoms with Crippen LogP contribution in [0, 0.1) is 6.92 Å². The third-order valence-corrected chi connectivity index (χ3v) is 6.12. The highest BCUT2D eigenvalue weighted by atomic mass is 32.2. The molecule has 5 nitrogen and oxygen atoms in total. The van der Waals surface area contributed by atoms with Crippen molar-refractivity contribution in [2.75, 3.05) is 19.6 Å². The number of amides is 1. The molecule has 2 aliphatic heterocycles. The molecule has 1 aromatic carbocycles. The predicted molar refractivity (Wildman–Crippen MR) is 108 cm³/mol. The third-order valence-electron chi connectivity index (χ3n) is 4.39. The number of aliphatic imine (C=N–C) groups is 1. The molecule has 0 radical (unpaired) electrons. The Bertz CT molecular complexity index is 870. The minimum absolute atomic E-state index is 0.0690. The normalized spacial score (nSPS) is 15.7. The number of hydrogen-bond acceptors (Lipinski definition) is 6. The molecule has 134 valence electrons. The lowest BCUT2D eigenvalue weighted by atomic mass is 10.1. The summed E-state index contributed by atoms with van der Waals surface area (Å²) in [4.78, 5) is 23.2. The Hall–Kier alpha value is -2.12. The average molecular weight is 385 g/mol. The van der Waals surface area contributed by atoms with Crippen molar-refractivity contribution in [3.05, 3.63) is 51.3 Å². The first kappa shape index (κ1) is 17.3. The van der Waals surface area contributed by atoms with Crippen LogP contribution in [0.25, 0.3) is 11.3 Å². The summed E-state index contributed by atoms with van der Waals surface area (Å²) in [5.74, 6) is 0.0690.